The summed E-state index contributed by atoms with van der Waals surface area (Å²) in [6.07, 6.45) is 0. The lowest BCUT2D eigenvalue weighted by Gasteiger charge is -2.23. The summed E-state index contributed by atoms with van der Waals surface area (Å²) in [4.78, 5) is 13.5. The van der Waals surface area contributed by atoms with Crippen molar-refractivity contribution in [1.29, 1.82) is 0 Å². The first-order valence-corrected chi connectivity index (χ1v) is 13.0. The smallest absolute Gasteiger partial charge is 0.265 e. The minimum Gasteiger partial charge on any atom is -0.321 e. The minimum atomic E-state index is -3.71. The van der Waals surface area contributed by atoms with Crippen LogP contribution in [0.1, 0.15) is 22.2 Å². The zero-order valence-corrected chi connectivity index (χ0v) is 20.7. The summed E-state index contributed by atoms with van der Waals surface area (Å²) in [7, 11) is -3.71. The van der Waals surface area contributed by atoms with Crippen molar-refractivity contribution >= 4 is 64.7 Å². The zero-order chi connectivity index (χ0) is 22.9. The molecule has 1 aromatic heterocycles. The average molecular weight is 529 g/mol. The summed E-state index contributed by atoms with van der Waals surface area (Å²) >= 11 is 4.71. The number of carbonyl (C=O) groups is 1. The lowest BCUT2D eigenvalue weighted by Crippen LogP contribution is -2.30. The fraction of sp³-hybridized carbons (Fsp3) is 0.125. The summed E-state index contributed by atoms with van der Waals surface area (Å²) in [5, 5.41) is 3.73. The van der Waals surface area contributed by atoms with Crippen molar-refractivity contribution in [3.63, 3.8) is 0 Å². The van der Waals surface area contributed by atoms with Crippen LogP contribution in [0.2, 0.25) is 0 Å². The van der Waals surface area contributed by atoms with Gasteiger partial charge in [0.1, 0.15) is 0 Å². The molecule has 5 nitrogen and oxygen atoms in total. The van der Waals surface area contributed by atoms with E-state index in [9.17, 15) is 13.2 Å². The average Bonchev–Trinajstić information content (AvgIpc) is 3.20. The Kier molecular flexibility index (Phi) is 6.37. The molecule has 4 aromatic rings. The molecule has 0 radical (unpaired) electrons. The minimum absolute atomic E-state index is 0.188. The molecule has 0 bridgehead atoms. The number of carbonyl (C=O) groups excluding carboxylic acids is 1. The molecule has 0 saturated heterocycles. The molecule has 8 heteroatoms. The van der Waals surface area contributed by atoms with E-state index in [-0.39, 0.29) is 17.3 Å². The molecule has 32 heavy (non-hydrogen) atoms. The van der Waals surface area contributed by atoms with E-state index >= 15 is 0 Å². The molecule has 1 amide bonds. The Morgan fingerprint density at radius 2 is 1.69 bits per heavy atom. The van der Waals surface area contributed by atoms with Crippen LogP contribution in [-0.2, 0) is 10.0 Å². The number of benzene rings is 3. The van der Waals surface area contributed by atoms with Crippen LogP contribution in [0.25, 0.3) is 10.1 Å². The first-order chi connectivity index (χ1) is 15.3. The molecule has 164 valence electrons. The van der Waals surface area contributed by atoms with Crippen molar-refractivity contribution < 1.29 is 13.2 Å². The maximum absolute atomic E-state index is 13.2. The van der Waals surface area contributed by atoms with Gasteiger partial charge in [0.25, 0.3) is 15.9 Å². The predicted octanol–water partition coefficient (Wildman–Crippen LogP) is 6.44. The van der Waals surface area contributed by atoms with Crippen LogP contribution in [0.15, 0.2) is 82.2 Å². The second-order valence-corrected chi connectivity index (χ2v) is 11.1. The standard InChI is InChI=1S/C24H21BrN2O3S2/c1-3-27(32(29,30)21-11-6-18(25)7-12-21)20-10-13-22-17(14-20)15-23(31-22)24(28)26-19-8-4-16(2)5-9-19/h4-15H,3H2,1-2H3,(H,26,28). The van der Waals surface area contributed by atoms with Gasteiger partial charge >= 0.3 is 0 Å². The lowest BCUT2D eigenvalue weighted by atomic mass is 10.2. The van der Waals surface area contributed by atoms with E-state index in [0.717, 1.165) is 25.8 Å². The van der Waals surface area contributed by atoms with Crippen LogP contribution in [0, 0.1) is 6.92 Å². The fourth-order valence-electron chi connectivity index (χ4n) is 3.35. The Labute approximate surface area is 199 Å². The van der Waals surface area contributed by atoms with Crippen molar-refractivity contribution in [1.82, 2.24) is 0 Å². The highest BCUT2D eigenvalue weighted by Crippen LogP contribution is 2.32. The van der Waals surface area contributed by atoms with Crippen LogP contribution >= 0.6 is 27.3 Å². The van der Waals surface area contributed by atoms with Crippen LogP contribution in [-0.4, -0.2) is 20.9 Å². The second kappa shape index (κ2) is 9.05. The van der Waals surface area contributed by atoms with Crippen LogP contribution < -0.4 is 9.62 Å². The number of halogens is 1. The van der Waals surface area contributed by atoms with Gasteiger partial charge < -0.3 is 5.32 Å². The summed E-state index contributed by atoms with van der Waals surface area (Å²) < 4.78 is 29.5. The summed E-state index contributed by atoms with van der Waals surface area (Å²) in [6.45, 7) is 4.08. The van der Waals surface area contributed by atoms with Crippen molar-refractivity contribution in [2.24, 2.45) is 0 Å². The van der Waals surface area contributed by atoms with E-state index in [0.29, 0.717) is 10.6 Å². The number of nitrogens with zero attached hydrogens (tertiary/aromatic N) is 1. The fourth-order valence-corrected chi connectivity index (χ4v) is 6.02. The van der Waals surface area contributed by atoms with Gasteiger partial charge in [-0.1, -0.05) is 33.6 Å². The number of thiophene rings is 1. The molecule has 0 fully saturated rings. The molecule has 1 N–H and O–H groups in total. The van der Waals surface area contributed by atoms with Gasteiger partial charge in [-0.15, -0.1) is 11.3 Å². The van der Waals surface area contributed by atoms with Crippen molar-refractivity contribution in [2.45, 2.75) is 18.7 Å². The van der Waals surface area contributed by atoms with Crippen LogP contribution in [0.3, 0.4) is 0 Å². The van der Waals surface area contributed by atoms with Crippen molar-refractivity contribution in [3.05, 3.63) is 87.7 Å². The van der Waals surface area contributed by atoms with E-state index in [1.807, 2.05) is 43.3 Å². The number of rotatable bonds is 6. The van der Waals surface area contributed by atoms with Gasteiger partial charge in [-0.05, 0) is 79.9 Å². The van der Waals surface area contributed by atoms with E-state index < -0.39 is 10.0 Å². The number of hydrogen-bond acceptors (Lipinski definition) is 4. The summed E-state index contributed by atoms with van der Waals surface area (Å²) in [6, 6.07) is 21.5. The molecule has 0 unspecified atom stereocenters. The van der Waals surface area contributed by atoms with Crippen LogP contribution in [0.4, 0.5) is 11.4 Å². The lowest BCUT2D eigenvalue weighted by molar-refractivity contribution is 0.103. The second-order valence-electron chi connectivity index (χ2n) is 7.28. The van der Waals surface area contributed by atoms with Crippen LogP contribution in [0.5, 0.6) is 0 Å². The van der Waals surface area contributed by atoms with Gasteiger partial charge in [0, 0.05) is 21.4 Å². The third kappa shape index (κ3) is 4.57. The van der Waals surface area contributed by atoms with E-state index in [4.69, 9.17) is 0 Å². The summed E-state index contributed by atoms with van der Waals surface area (Å²) in [5.74, 6) is -0.188. The molecular weight excluding hydrogens is 508 g/mol. The molecule has 0 aliphatic rings. The molecular formula is C24H21BrN2O3S2. The summed E-state index contributed by atoms with van der Waals surface area (Å²) in [5.41, 5.74) is 2.42. The zero-order valence-electron chi connectivity index (χ0n) is 17.5. The van der Waals surface area contributed by atoms with Crippen molar-refractivity contribution in [3.8, 4) is 0 Å². The Morgan fingerprint density at radius 3 is 2.34 bits per heavy atom. The highest BCUT2D eigenvalue weighted by Gasteiger charge is 2.24. The number of hydrogen-bond donors (Lipinski definition) is 1. The van der Waals surface area contributed by atoms with E-state index in [1.165, 1.54) is 15.6 Å². The van der Waals surface area contributed by atoms with Crippen molar-refractivity contribution in [2.75, 3.05) is 16.2 Å². The third-order valence-corrected chi connectivity index (χ3v) is 8.57. The van der Waals surface area contributed by atoms with Gasteiger partial charge in [0.05, 0.1) is 15.5 Å². The molecule has 0 aliphatic carbocycles. The number of amides is 1. The monoisotopic (exact) mass is 528 g/mol. The molecule has 1 heterocycles. The third-order valence-electron chi connectivity index (χ3n) is 5.01. The highest BCUT2D eigenvalue weighted by atomic mass is 79.9. The molecule has 0 saturated carbocycles. The van der Waals surface area contributed by atoms with Gasteiger partial charge in [0.15, 0.2) is 0 Å². The molecule has 0 spiro atoms. The number of anilines is 2. The Balaban J connectivity index is 1.63. The highest BCUT2D eigenvalue weighted by molar-refractivity contribution is 9.10. The molecule has 0 aliphatic heterocycles. The maximum atomic E-state index is 13.2. The molecule has 4 rings (SSSR count). The normalized spacial score (nSPS) is 11.5. The van der Waals surface area contributed by atoms with E-state index in [2.05, 4.69) is 21.2 Å². The first kappa shape index (κ1) is 22.5. The Hall–Kier alpha value is -2.68. The van der Waals surface area contributed by atoms with Gasteiger partial charge in [-0.2, -0.15) is 0 Å². The maximum Gasteiger partial charge on any atom is 0.265 e. The van der Waals surface area contributed by atoms with E-state index in [1.54, 1.807) is 43.3 Å². The quantitative estimate of drug-likeness (QED) is 0.313. The van der Waals surface area contributed by atoms with Gasteiger partial charge in [-0.3, -0.25) is 9.10 Å². The van der Waals surface area contributed by atoms with Gasteiger partial charge in [0.2, 0.25) is 0 Å². The number of fused-ring (bicyclic) bond motifs is 1. The topological polar surface area (TPSA) is 66.5 Å². The molecule has 0 atom stereocenters. The Morgan fingerprint density at radius 1 is 1.00 bits per heavy atom. The SMILES string of the molecule is CCN(c1ccc2sc(C(=O)Nc3ccc(C)cc3)cc2c1)S(=O)(=O)c1ccc(Br)cc1. The Bertz CT molecular complexity index is 1380. The predicted molar refractivity (Wildman–Crippen MR) is 135 cm³/mol. The number of nitrogens with one attached hydrogen (secondary N) is 1. The first-order valence-electron chi connectivity index (χ1n) is 9.98. The number of aryl methyl sites for hydroxylation is 1. The largest absolute Gasteiger partial charge is 0.321 e. The molecule has 3 aromatic carbocycles. The van der Waals surface area contributed by atoms with Gasteiger partial charge in [-0.25, -0.2) is 8.42 Å². The number of sulfonamides is 1.